The van der Waals surface area contributed by atoms with Crippen LogP contribution in [-0.4, -0.2) is 43.8 Å². The Morgan fingerprint density at radius 2 is 1.51 bits per heavy atom. The molecule has 10 heteroatoms. The van der Waals surface area contributed by atoms with E-state index < -0.39 is 34.3 Å². The van der Waals surface area contributed by atoms with E-state index in [9.17, 15) is 22.4 Å². The minimum atomic E-state index is -4.28. The molecule has 1 saturated carbocycles. The van der Waals surface area contributed by atoms with E-state index in [2.05, 4.69) is 5.32 Å². The molecule has 1 N–H and O–H groups in total. The lowest BCUT2D eigenvalue weighted by Gasteiger charge is -2.35. The first-order valence-corrected chi connectivity index (χ1v) is 17.7. The number of carbonyl (C=O) groups excluding carboxylic acids is 2. The van der Waals surface area contributed by atoms with Crippen LogP contribution in [-0.2, 0) is 32.6 Å². The number of anilines is 1. The zero-order chi connectivity index (χ0) is 33.4. The van der Waals surface area contributed by atoms with E-state index in [1.165, 1.54) is 29.2 Å². The van der Waals surface area contributed by atoms with Crippen LogP contribution in [0.1, 0.15) is 48.8 Å². The molecule has 1 atom stereocenters. The number of rotatable bonds is 12. The van der Waals surface area contributed by atoms with E-state index in [0.717, 1.165) is 59.7 Å². The Morgan fingerprint density at radius 3 is 2.17 bits per heavy atom. The van der Waals surface area contributed by atoms with Gasteiger partial charge in [-0.15, -0.1) is 0 Å². The molecule has 0 spiro atoms. The normalized spacial score (nSPS) is 14.3. The molecule has 47 heavy (non-hydrogen) atoms. The lowest BCUT2D eigenvalue weighted by atomic mass is 9.94. The number of hydrogen-bond acceptors (Lipinski definition) is 4. The van der Waals surface area contributed by atoms with Crippen LogP contribution in [0.3, 0.4) is 0 Å². The summed E-state index contributed by atoms with van der Waals surface area (Å²) in [5.41, 5.74) is 2.44. The lowest BCUT2D eigenvalue weighted by Crippen LogP contribution is -2.55. The Balaban J connectivity index is 1.56. The molecule has 4 aromatic carbocycles. The molecule has 7 nitrogen and oxygen atoms in total. The van der Waals surface area contributed by atoms with Crippen molar-refractivity contribution in [1.29, 1.82) is 0 Å². The van der Waals surface area contributed by atoms with E-state index in [1.54, 1.807) is 36.4 Å². The first-order valence-electron chi connectivity index (χ1n) is 15.8. The van der Waals surface area contributed by atoms with Gasteiger partial charge in [0.25, 0.3) is 10.0 Å². The SMILES string of the molecule is Cc1ccc(S(=O)(=O)N(CC(=O)N(Cc2ccccc2Cl)[C@H](Cc2ccccc2)C(=O)NC2CCCCC2)c2ccc(F)cc2)cc1. The molecule has 0 heterocycles. The minimum Gasteiger partial charge on any atom is -0.352 e. The third-order valence-corrected chi connectivity index (χ3v) is 10.7. The molecule has 1 aliphatic rings. The monoisotopic (exact) mass is 675 g/mol. The topological polar surface area (TPSA) is 86.8 Å². The average molecular weight is 676 g/mol. The Kier molecular flexibility index (Phi) is 11.3. The molecule has 0 unspecified atom stereocenters. The quantitative estimate of drug-likeness (QED) is 0.174. The number of nitrogens with zero attached hydrogens (tertiary/aromatic N) is 2. The highest BCUT2D eigenvalue weighted by molar-refractivity contribution is 7.92. The second-order valence-corrected chi connectivity index (χ2v) is 14.2. The fourth-order valence-electron chi connectivity index (χ4n) is 5.88. The van der Waals surface area contributed by atoms with Gasteiger partial charge < -0.3 is 10.2 Å². The zero-order valence-corrected chi connectivity index (χ0v) is 27.9. The summed E-state index contributed by atoms with van der Waals surface area (Å²) in [6, 6.07) is 26.7. The molecule has 0 aromatic heterocycles. The first-order chi connectivity index (χ1) is 22.6. The summed E-state index contributed by atoms with van der Waals surface area (Å²) in [6.45, 7) is 1.18. The van der Waals surface area contributed by atoms with Crippen molar-refractivity contribution in [2.24, 2.45) is 0 Å². The van der Waals surface area contributed by atoms with Crippen molar-refractivity contribution in [3.63, 3.8) is 0 Å². The zero-order valence-electron chi connectivity index (χ0n) is 26.3. The third kappa shape index (κ3) is 8.78. The standard InChI is InChI=1S/C37H39ClFN3O4S/c1-27-16-22-33(23-17-27)47(45,46)42(32-20-18-30(39)19-21-32)26-36(43)41(25-29-12-8-9-15-34(29)38)35(24-28-10-4-2-5-11-28)37(44)40-31-13-6-3-7-14-31/h2,4-5,8-12,15-23,31,35H,3,6-7,13-14,24-26H2,1H3,(H,40,44)/t35-/m1/s1. The second-order valence-electron chi connectivity index (χ2n) is 12.0. The number of benzene rings is 4. The molecule has 1 fully saturated rings. The van der Waals surface area contributed by atoms with Crippen LogP contribution in [0, 0.1) is 12.7 Å². The maximum Gasteiger partial charge on any atom is 0.264 e. The molecular weight excluding hydrogens is 637 g/mol. The van der Waals surface area contributed by atoms with Gasteiger partial charge in [0.05, 0.1) is 10.6 Å². The van der Waals surface area contributed by atoms with Gasteiger partial charge in [0.2, 0.25) is 11.8 Å². The largest absolute Gasteiger partial charge is 0.352 e. The van der Waals surface area contributed by atoms with Gasteiger partial charge in [0.1, 0.15) is 18.4 Å². The lowest BCUT2D eigenvalue weighted by molar-refractivity contribution is -0.140. The molecule has 5 rings (SSSR count). The predicted molar refractivity (Wildman–Crippen MR) is 183 cm³/mol. The molecule has 0 radical (unpaired) electrons. The van der Waals surface area contributed by atoms with Crippen molar-refractivity contribution in [3.05, 3.63) is 131 Å². The molecule has 1 aliphatic carbocycles. The number of halogens is 2. The number of hydrogen-bond donors (Lipinski definition) is 1. The summed E-state index contributed by atoms with van der Waals surface area (Å²) in [5.74, 6) is -1.46. The molecule has 0 saturated heterocycles. The van der Waals surface area contributed by atoms with Crippen LogP contribution in [0.2, 0.25) is 5.02 Å². The highest BCUT2D eigenvalue weighted by atomic mass is 35.5. The maximum atomic E-state index is 14.6. The van der Waals surface area contributed by atoms with Crippen LogP contribution < -0.4 is 9.62 Å². The van der Waals surface area contributed by atoms with Crippen molar-refractivity contribution in [2.75, 3.05) is 10.8 Å². The fraction of sp³-hybridized carbons (Fsp3) is 0.297. The van der Waals surface area contributed by atoms with Crippen molar-refractivity contribution in [3.8, 4) is 0 Å². The molecule has 4 aromatic rings. The second kappa shape index (κ2) is 15.6. The summed E-state index contributed by atoms with van der Waals surface area (Å²) >= 11 is 6.57. The van der Waals surface area contributed by atoms with Gasteiger partial charge in [0.15, 0.2) is 0 Å². The van der Waals surface area contributed by atoms with E-state index in [0.29, 0.717) is 10.6 Å². The average Bonchev–Trinajstić information content (AvgIpc) is 3.07. The number of carbonyl (C=O) groups is 2. The Hall–Kier alpha value is -4.21. The van der Waals surface area contributed by atoms with Crippen LogP contribution in [0.5, 0.6) is 0 Å². The van der Waals surface area contributed by atoms with Gasteiger partial charge in [0, 0.05) is 24.0 Å². The number of sulfonamides is 1. The number of amides is 2. The van der Waals surface area contributed by atoms with Crippen LogP contribution in [0.4, 0.5) is 10.1 Å². The maximum absolute atomic E-state index is 14.6. The summed E-state index contributed by atoms with van der Waals surface area (Å²) < 4.78 is 43.2. The van der Waals surface area contributed by atoms with E-state index >= 15 is 0 Å². The Bertz CT molecular complexity index is 1760. The van der Waals surface area contributed by atoms with Gasteiger partial charge >= 0.3 is 0 Å². The van der Waals surface area contributed by atoms with Crippen molar-refractivity contribution in [1.82, 2.24) is 10.2 Å². The first kappa shape index (κ1) is 34.1. The minimum absolute atomic E-state index is 0.00980. The highest BCUT2D eigenvalue weighted by Gasteiger charge is 2.35. The highest BCUT2D eigenvalue weighted by Crippen LogP contribution is 2.27. The number of aryl methyl sites for hydroxylation is 1. The van der Waals surface area contributed by atoms with Gasteiger partial charge in [-0.05, 0) is 73.4 Å². The molecular formula is C37H39ClFN3O4S. The van der Waals surface area contributed by atoms with Gasteiger partial charge in [-0.1, -0.05) is 97.1 Å². The van der Waals surface area contributed by atoms with Crippen LogP contribution >= 0.6 is 11.6 Å². The van der Waals surface area contributed by atoms with Gasteiger partial charge in [-0.25, -0.2) is 12.8 Å². The van der Waals surface area contributed by atoms with Gasteiger partial charge in [-0.2, -0.15) is 0 Å². The predicted octanol–water partition coefficient (Wildman–Crippen LogP) is 7.07. The van der Waals surface area contributed by atoms with Crippen molar-refractivity contribution >= 4 is 39.1 Å². The molecule has 0 aliphatic heterocycles. The summed E-state index contributed by atoms with van der Waals surface area (Å²) in [7, 11) is -4.28. The van der Waals surface area contributed by atoms with Crippen molar-refractivity contribution < 1.29 is 22.4 Å². The Morgan fingerprint density at radius 1 is 0.872 bits per heavy atom. The van der Waals surface area contributed by atoms with E-state index in [4.69, 9.17) is 11.6 Å². The summed E-state index contributed by atoms with van der Waals surface area (Å²) in [6.07, 6.45) is 5.06. The van der Waals surface area contributed by atoms with Gasteiger partial charge in [-0.3, -0.25) is 13.9 Å². The van der Waals surface area contributed by atoms with Crippen molar-refractivity contribution in [2.45, 2.75) is 69.0 Å². The molecule has 246 valence electrons. The van der Waals surface area contributed by atoms with Crippen LogP contribution in [0.15, 0.2) is 108 Å². The fourth-order valence-corrected chi connectivity index (χ4v) is 7.49. The summed E-state index contributed by atoms with van der Waals surface area (Å²) in [5, 5.41) is 3.60. The van der Waals surface area contributed by atoms with E-state index in [1.807, 2.05) is 37.3 Å². The van der Waals surface area contributed by atoms with Crippen LogP contribution in [0.25, 0.3) is 0 Å². The number of nitrogens with one attached hydrogen (secondary N) is 1. The Labute approximate surface area is 281 Å². The molecule has 0 bridgehead atoms. The molecule has 2 amide bonds. The smallest absolute Gasteiger partial charge is 0.264 e. The third-order valence-electron chi connectivity index (χ3n) is 8.52. The van der Waals surface area contributed by atoms with E-state index in [-0.39, 0.29) is 35.5 Å². The summed E-state index contributed by atoms with van der Waals surface area (Å²) in [4.78, 5) is 30.2.